The summed E-state index contributed by atoms with van der Waals surface area (Å²) in [5.74, 6) is -2.09. The van der Waals surface area contributed by atoms with Gasteiger partial charge in [0.1, 0.15) is 6.04 Å². The van der Waals surface area contributed by atoms with Gasteiger partial charge >= 0.3 is 5.97 Å². The Morgan fingerprint density at radius 1 is 1.09 bits per heavy atom. The molecule has 1 saturated carbocycles. The fourth-order valence-electron chi connectivity index (χ4n) is 3.79. The SMILES string of the molecule is COC(=O)c1ccc(N2C(=O)CC(N(C(=O)c3cccc([N+](=O)[O-])c3)C3CC3)C2=O)cc1. The van der Waals surface area contributed by atoms with Crippen LogP contribution in [0.1, 0.15) is 40.0 Å². The van der Waals surface area contributed by atoms with E-state index in [1.54, 1.807) is 0 Å². The van der Waals surface area contributed by atoms with Crippen molar-refractivity contribution in [3.05, 3.63) is 69.8 Å². The van der Waals surface area contributed by atoms with Crippen LogP contribution in [0, 0.1) is 10.1 Å². The summed E-state index contributed by atoms with van der Waals surface area (Å²) in [4.78, 5) is 63.6. The molecule has 1 aliphatic heterocycles. The topological polar surface area (TPSA) is 127 Å². The molecule has 2 aromatic carbocycles. The van der Waals surface area contributed by atoms with E-state index < -0.39 is 34.7 Å². The number of rotatable bonds is 6. The van der Waals surface area contributed by atoms with Crippen molar-refractivity contribution >= 4 is 35.1 Å². The van der Waals surface area contributed by atoms with E-state index in [-0.39, 0.29) is 35.0 Å². The molecule has 10 heteroatoms. The molecule has 4 rings (SSSR count). The quantitative estimate of drug-likeness (QED) is 0.294. The molecule has 3 amide bonds. The highest BCUT2D eigenvalue weighted by molar-refractivity contribution is 6.23. The van der Waals surface area contributed by atoms with Gasteiger partial charge in [0.2, 0.25) is 5.91 Å². The molecule has 2 aliphatic rings. The second kappa shape index (κ2) is 8.22. The number of nitro groups is 1. The predicted octanol–water partition coefficient (Wildman–Crippen LogP) is 2.32. The van der Waals surface area contributed by atoms with Crippen LogP contribution in [0.2, 0.25) is 0 Å². The van der Waals surface area contributed by atoms with E-state index in [1.807, 2.05) is 0 Å². The van der Waals surface area contributed by atoms with Crippen LogP contribution in [-0.2, 0) is 14.3 Å². The highest BCUT2D eigenvalue weighted by Crippen LogP contribution is 2.35. The maximum atomic E-state index is 13.2. The minimum absolute atomic E-state index is 0.0900. The Labute approximate surface area is 182 Å². The van der Waals surface area contributed by atoms with Gasteiger partial charge in [-0.3, -0.25) is 24.5 Å². The van der Waals surface area contributed by atoms with Crippen molar-refractivity contribution < 1.29 is 28.8 Å². The fourth-order valence-corrected chi connectivity index (χ4v) is 3.79. The van der Waals surface area contributed by atoms with E-state index in [1.165, 1.54) is 60.5 Å². The molecular weight excluding hydrogens is 418 g/mol. The van der Waals surface area contributed by atoms with E-state index in [9.17, 15) is 29.3 Å². The Hall–Kier alpha value is -4.08. The van der Waals surface area contributed by atoms with Gasteiger partial charge in [-0.1, -0.05) is 6.07 Å². The van der Waals surface area contributed by atoms with E-state index in [4.69, 9.17) is 0 Å². The Kier molecular flexibility index (Phi) is 5.43. The van der Waals surface area contributed by atoms with Gasteiger partial charge in [0.15, 0.2) is 0 Å². The first kappa shape index (κ1) is 21.2. The van der Waals surface area contributed by atoms with Gasteiger partial charge in [0.05, 0.1) is 29.7 Å². The van der Waals surface area contributed by atoms with Gasteiger partial charge < -0.3 is 9.64 Å². The molecular formula is C22H19N3O7. The van der Waals surface area contributed by atoms with Crippen LogP contribution in [0.4, 0.5) is 11.4 Å². The van der Waals surface area contributed by atoms with Crippen LogP contribution in [-0.4, -0.2) is 52.7 Å². The third-order valence-electron chi connectivity index (χ3n) is 5.48. The third kappa shape index (κ3) is 3.82. The summed E-state index contributed by atoms with van der Waals surface area (Å²) in [5, 5.41) is 11.1. The second-order valence-electron chi connectivity index (χ2n) is 7.58. The van der Waals surface area contributed by atoms with E-state index >= 15 is 0 Å². The molecule has 1 saturated heterocycles. The van der Waals surface area contributed by atoms with Crippen molar-refractivity contribution in [1.82, 2.24) is 4.90 Å². The number of benzene rings is 2. The molecule has 0 radical (unpaired) electrons. The first-order valence-electron chi connectivity index (χ1n) is 9.94. The molecule has 1 unspecified atom stereocenters. The fraction of sp³-hybridized carbons (Fsp3) is 0.273. The van der Waals surface area contributed by atoms with Gasteiger partial charge in [0.25, 0.3) is 17.5 Å². The largest absolute Gasteiger partial charge is 0.465 e. The lowest BCUT2D eigenvalue weighted by atomic mass is 10.1. The number of nitro benzene ring substituents is 1. The number of esters is 1. The number of amides is 3. The number of carbonyl (C=O) groups excluding carboxylic acids is 4. The molecule has 1 atom stereocenters. The standard InChI is InChI=1S/C22H19N3O7/c1-32-22(29)13-5-7-16(8-6-13)24-19(26)12-18(21(24)28)23(15-9-10-15)20(27)14-3-2-4-17(11-14)25(30)31/h2-8,11,15,18H,9-10,12H2,1H3. The Balaban J connectivity index is 1.61. The zero-order valence-electron chi connectivity index (χ0n) is 17.1. The summed E-state index contributed by atoms with van der Waals surface area (Å²) in [5.41, 5.74) is 0.418. The van der Waals surface area contributed by atoms with Crippen molar-refractivity contribution in [2.75, 3.05) is 12.0 Å². The molecule has 164 valence electrons. The van der Waals surface area contributed by atoms with E-state index in [0.29, 0.717) is 12.8 Å². The van der Waals surface area contributed by atoms with Crippen molar-refractivity contribution in [1.29, 1.82) is 0 Å². The second-order valence-corrected chi connectivity index (χ2v) is 7.58. The zero-order chi connectivity index (χ0) is 23.0. The number of methoxy groups -OCH3 is 1. The molecule has 2 fully saturated rings. The zero-order valence-corrected chi connectivity index (χ0v) is 17.1. The lowest BCUT2D eigenvalue weighted by Crippen LogP contribution is -2.46. The molecule has 2 aromatic rings. The molecule has 0 N–H and O–H groups in total. The molecule has 0 aromatic heterocycles. The van der Waals surface area contributed by atoms with Gasteiger partial charge in [0, 0.05) is 23.7 Å². The number of hydrogen-bond acceptors (Lipinski definition) is 7. The van der Waals surface area contributed by atoms with Crippen LogP contribution in [0.15, 0.2) is 48.5 Å². The van der Waals surface area contributed by atoms with Crippen molar-refractivity contribution in [3.63, 3.8) is 0 Å². The first-order chi connectivity index (χ1) is 15.3. The van der Waals surface area contributed by atoms with Gasteiger partial charge in [-0.15, -0.1) is 0 Å². The monoisotopic (exact) mass is 437 g/mol. The highest BCUT2D eigenvalue weighted by atomic mass is 16.6. The number of anilines is 1. The number of nitrogens with zero attached hydrogens (tertiary/aromatic N) is 3. The summed E-state index contributed by atoms with van der Waals surface area (Å²) in [6, 6.07) is 9.94. The van der Waals surface area contributed by atoms with E-state index in [2.05, 4.69) is 4.74 Å². The minimum atomic E-state index is -0.998. The van der Waals surface area contributed by atoms with Gasteiger partial charge in [-0.05, 0) is 43.2 Å². The van der Waals surface area contributed by atoms with Crippen LogP contribution in [0.3, 0.4) is 0 Å². The summed E-state index contributed by atoms with van der Waals surface area (Å²) in [6.45, 7) is 0. The van der Waals surface area contributed by atoms with Gasteiger partial charge in [-0.2, -0.15) is 0 Å². The summed E-state index contributed by atoms with van der Waals surface area (Å²) in [7, 11) is 1.25. The number of carbonyl (C=O) groups is 4. The van der Waals surface area contributed by atoms with E-state index in [0.717, 1.165) is 4.90 Å². The average molecular weight is 437 g/mol. The molecule has 0 spiro atoms. The number of ether oxygens (including phenoxy) is 1. The maximum Gasteiger partial charge on any atom is 0.337 e. The smallest absolute Gasteiger partial charge is 0.337 e. The minimum Gasteiger partial charge on any atom is -0.465 e. The molecule has 1 heterocycles. The Bertz CT molecular complexity index is 1120. The Morgan fingerprint density at radius 2 is 1.78 bits per heavy atom. The van der Waals surface area contributed by atoms with Crippen LogP contribution in [0.25, 0.3) is 0 Å². The lowest BCUT2D eigenvalue weighted by Gasteiger charge is -2.27. The normalized spacial score (nSPS) is 17.9. The van der Waals surface area contributed by atoms with Crippen molar-refractivity contribution in [2.24, 2.45) is 0 Å². The maximum absolute atomic E-state index is 13.2. The molecule has 0 bridgehead atoms. The van der Waals surface area contributed by atoms with Crippen LogP contribution < -0.4 is 4.90 Å². The van der Waals surface area contributed by atoms with Crippen molar-refractivity contribution in [3.8, 4) is 0 Å². The first-order valence-corrected chi connectivity index (χ1v) is 9.94. The van der Waals surface area contributed by atoms with Crippen LogP contribution in [0.5, 0.6) is 0 Å². The molecule has 10 nitrogen and oxygen atoms in total. The average Bonchev–Trinajstić information content (AvgIpc) is 3.59. The van der Waals surface area contributed by atoms with Crippen molar-refractivity contribution in [2.45, 2.75) is 31.3 Å². The highest BCUT2D eigenvalue weighted by Gasteiger charge is 2.49. The number of non-ortho nitro benzene ring substituents is 1. The number of imide groups is 1. The molecule has 1 aliphatic carbocycles. The summed E-state index contributed by atoms with van der Waals surface area (Å²) >= 11 is 0. The lowest BCUT2D eigenvalue weighted by molar-refractivity contribution is -0.384. The predicted molar refractivity (Wildman–Crippen MR) is 111 cm³/mol. The molecule has 32 heavy (non-hydrogen) atoms. The van der Waals surface area contributed by atoms with Crippen LogP contribution >= 0.6 is 0 Å². The summed E-state index contributed by atoms with van der Waals surface area (Å²) in [6.07, 6.45) is 1.19. The van der Waals surface area contributed by atoms with Gasteiger partial charge in [-0.25, -0.2) is 9.69 Å². The summed E-state index contributed by atoms with van der Waals surface area (Å²) < 4.78 is 4.64. The Morgan fingerprint density at radius 3 is 2.38 bits per heavy atom. The third-order valence-corrected chi connectivity index (χ3v) is 5.48. The number of hydrogen-bond donors (Lipinski definition) is 0.